The SMILES string of the molecule is CCOC(=O)CCC(=O)N(C1CCCC1)C1(c2ccc(N(C)NC(=O)CN)c(-c3ccc(C#N)cc3)c2)CC1. The highest BCUT2D eigenvalue weighted by Gasteiger charge is 2.54. The molecular formula is C30H37N5O4. The van der Waals surface area contributed by atoms with Gasteiger partial charge in [0, 0.05) is 25.1 Å². The summed E-state index contributed by atoms with van der Waals surface area (Å²) >= 11 is 0. The molecule has 0 bridgehead atoms. The van der Waals surface area contributed by atoms with Crippen LogP contribution < -0.4 is 16.2 Å². The second-order valence-electron chi connectivity index (χ2n) is 10.3. The summed E-state index contributed by atoms with van der Waals surface area (Å²) < 4.78 is 5.06. The molecule has 9 nitrogen and oxygen atoms in total. The van der Waals surface area contributed by atoms with Crippen LogP contribution in [0.1, 0.15) is 69.4 Å². The molecule has 0 saturated heterocycles. The Balaban J connectivity index is 1.72. The fraction of sp³-hybridized carbons (Fsp3) is 0.467. The first-order valence-electron chi connectivity index (χ1n) is 13.7. The van der Waals surface area contributed by atoms with E-state index >= 15 is 0 Å². The molecule has 0 unspecified atom stereocenters. The largest absolute Gasteiger partial charge is 0.466 e. The zero-order chi connectivity index (χ0) is 28.0. The predicted molar refractivity (Wildman–Crippen MR) is 148 cm³/mol. The smallest absolute Gasteiger partial charge is 0.306 e. The summed E-state index contributed by atoms with van der Waals surface area (Å²) in [7, 11) is 1.76. The van der Waals surface area contributed by atoms with Crippen molar-refractivity contribution in [3.8, 4) is 17.2 Å². The molecule has 0 heterocycles. The third-order valence-electron chi connectivity index (χ3n) is 7.69. The Labute approximate surface area is 229 Å². The minimum atomic E-state index is -0.431. The van der Waals surface area contributed by atoms with Gasteiger partial charge in [0.1, 0.15) is 0 Å². The minimum Gasteiger partial charge on any atom is -0.466 e. The van der Waals surface area contributed by atoms with Crippen LogP contribution in [0.3, 0.4) is 0 Å². The number of hydrogen-bond donors (Lipinski definition) is 2. The van der Waals surface area contributed by atoms with E-state index < -0.39 is 5.54 Å². The lowest BCUT2D eigenvalue weighted by Crippen LogP contribution is -2.46. The first kappa shape index (κ1) is 28.1. The number of nitrogens with one attached hydrogen (secondary N) is 1. The molecule has 3 N–H and O–H groups in total. The number of carbonyl (C=O) groups excluding carboxylic acids is 3. The molecule has 2 aromatic carbocycles. The van der Waals surface area contributed by atoms with Gasteiger partial charge in [0.05, 0.1) is 42.4 Å². The van der Waals surface area contributed by atoms with Crippen molar-refractivity contribution in [3.05, 3.63) is 53.6 Å². The van der Waals surface area contributed by atoms with Crippen molar-refractivity contribution in [2.24, 2.45) is 5.73 Å². The molecule has 39 heavy (non-hydrogen) atoms. The number of amides is 2. The molecule has 2 aliphatic carbocycles. The van der Waals surface area contributed by atoms with Gasteiger partial charge >= 0.3 is 5.97 Å². The second-order valence-corrected chi connectivity index (χ2v) is 10.3. The van der Waals surface area contributed by atoms with Crippen LogP contribution in [0.4, 0.5) is 5.69 Å². The molecule has 9 heteroatoms. The van der Waals surface area contributed by atoms with E-state index in [1.807, 2.05) is 24.3 Å². The minimum absolute atomic E-state index is 0.0104. The normalized spacial score (nSPS) is 15.7. The van der Waals surface area contributed by atoms with Crippen molar-refractivity contribution in [3.63, 3.8) is 0 Å². The van der Waals surface area contributed by atoms with Crippen molar-refractivity contribution in [1.29, 1.82) is 5.26 Å². The molecule has 0 atom stereocenters. The number of anilines is 1. The van der Waals surface area contributed by atoms with Crippen LogP contribution in [-0.4, -0.2) is 48.9 Å². The van der Waals surface area contributed by atoms with E-state index in [1.54, 1.807) is 31.1 Å². The molecule has 2 aliphatic rings. The van der Waals surface area contributed by atoms with Crippen LogP contribution in [0.2, 0.25) is 0 Å². The maximum Gasteiger partial charge on any atom is 0.306 e. The third-order valence-corrected chi connectivity index (χ3v) is 7.69. The average molecular weight is 532 g/mol. The van der Waals surface area contributed by atoms with Crippen LogP contribution >= 0.6 is 0 Å². The predicted octanol–water partition coefficient (Wildman–Crippen LogP) is 3.75. The van der Waals surface area contributed by atoms with E-state index in [-0.39, 0.29) is 43.2 Å². The van der Waals surface area contributed by atoms with Crippen LogP contribution in [-0.2, 0) is 24.7 Å². The summed E-state index contributed by atoms with van der Waals surface area (Å²) in [5, 5.41) is 10.9. The molecule has 0 aliphatic heterocycles. The highest BCUT2D eigenvalue weighted by Crippen LogP contribution is 2.54. The van der Waals surface area contributed by atoms with Gasteiger partial charge < -0.3 is 15.4 Å². The topological polar surface area (TPSA) is 129 Å². The number of nitrogens with zero attached hydrogens (tertiary/aromatic N) is 3. The zero-order valence-electron chi connectivity index (χ0n) is 22.7. The molecule has 4 rings (SSSR count). The lowest BCUT2D eigenvalue weighted by molar-refractivity contribution is -0.147. The number of ether oxygens (including phenoxy) is 1. The van der Waals surface area contributed by atoms with Crippen molar-refractivity contribution in [1.82, 2.24) is 10.3 Å². The number of carbonyl (C=O) groups is 3. The number of nitrogens with two attached hydrogens (primary N) is 1. The number of hydrogen-bond acceptors (Lipinski definition) is 7. The van der Waals surface area contributed by atoms with Crippen molar-refractivity contribution in [2.45, 2.75) is 69.9 Å². The maximum absolute atomic E-state index is 13.7. The lowest BCUT2D eigenvalue weighted by atomic mass is 9.93. The van der Waals surface area contributed by atoms with Gasteiger partial charge in [0.15, 0.2) is 0 Å². The summed E-state index contributed by atoms with van der Waals surface area (Å²) in [5.74, 6) is -0.675. The zero-order valence-corrected chi connectivity index (χ0v) is 22.7. The van der Waals surface area contributed by atoms with Crippen molar-refractivity contribution in [2.75, 3.05) is 25.2 Å². The van der Waals surface area contributed by atoms with Gasteiger partial charge in [-0.1, -0.05) is 31.0 Å². The Hall–Kier alpha value is -3.90. The van der Waals surface area contributed by atoms with Crippen molar-refractivity contribution < 1.29 is 19.1 Å². The monoisotopic (exact) mass is 531 g/mol. The summed E-state index contributed by atoms with van der Waals surface area (Å²) in [6.45, 7) is 1.92. The van der Waals surface area contributed by atoms with Crippen LogP contribution in [0.5, 0.6) is 0 Å². The fourth-order valence-electron chi connectivity index (χ4n) is 5.67. The van der Waals surface area contributed by atoms with Gasteiger partial charge in [-0.2, -0.15) is 5.26 Å². The van der Waals surface area contributed by atoms with Crippen LogP contribution in [0.25, 0.3) is 11.1 Å². The van der Waals surface area contributed by atoms with E-state index in [0.29, 0.717) is 12.2 Å². The molecule has 2 amide bonds. The maximum atomic E-state index is 13.7. The van der Waals surface area contributed by atoms with E-state index in [9.17, 15) is 19.6 Å². The fourth-order valence-corrected chi connectivity index (χ4v) is 5.67. The summed E-state index contributed by atoms with van der Waals surface area (Å²) in [6, 6.07) is 15.7. The van der Waals surface area contributed by atoms with Crippen LogP contribution in [0, 0.1) is 11.3 Å². The molecule has 206 valence electrons. The number of esters is 1. The van der Waals surface area contributed by atoms with E-state index in [1.165, 1.54) is 0 Å². The Morgan fingerprint density at radius 3 is 2.38 bits per heavy atom. The van der Waals surface area contributed by atoms with E-state index in [2.05, 4.69) is 22.5 Å². The Morgan fingerprint density at radius 2 is 1.79 bits per heavy atom. The summed E-state index contributed by atoms with van der Waals surface area (Å²) in [6.07, 6.45) is 6.00. The lowest BCUT2D eigenvalue weighted by Gasteiger charge is -2.38. The second kappa shape index (κ2) is 12.3. The third kappa shape index (κ3) is 6.23. The van der Waals surface area contributed by atoms with Gasteiger partial charge in [-0.25, -0.2) is 0 Å². The first-order valence-corrected chi connectivity index (χ1v) is 13.7. The molecule has 2 fully saturated rings. The highest BCUT2D eigenvalue weighted by atomic mass is 16.5. The van der Waals surface area contributed by atoms with E-state index in [0.717, 1.165) is 60.9 Å². The van der Waals surface area contributed by atoms with Crippen LogP contribution in [0.15, 0.2) is 42.5 Å². The number of rotatable bonds is 11. The number of benzene rings is 2. The summed E-state index contributed by atoms with van der Waals surface area (Å²) in [4.78, 5) is 39.8. The molecular weight excluding hydrogens is 494 g/mol. The Kier molecular flexibility index (Phi) is 8.87. The number of nitriles is 1. The van der Waals surface area contributed by atoms with Crippen molar-refractivity contribution >= 4 is 23.5 Å². The Bertz CT molecular complexity index is 1240. The first-order chi connectivity index (χ1) is 18.8. The van der Waals surface area contributed by atoms with Gasteiger partial charge in [-0.05, 0) is 68.0 Å². The highest BCUT2D eigenvalue weighted by molar-refractivity contribution is 5.85. The molecule has 0 radical (unpaired) electrons. The average Bonchev–Trinajstić information content (AvgIpc) is 3.57. The van der Waals surface area contributed by atoms with Gasteiger partial charge in [0.25, 0.3) is 5.91 Å². The van der Waals surface area contributed by atoms with Gasteiger partial charge in [0.2, 0.25) is 5.91 Å². The van der Waals surface area contributed by atoms with Gasteiger partial charge in [-0.15, -0.1) is 0 Å². The molecule has 0 aromatic heterocycles. The number of hydrazine groups is 1. The molecule has 2 aromatic rings. The Morgan fingerprint density at radius 1 is 1.10 bits per heavy atom. The molecule has 2 saturated carbocycles. The van der Waals surface area contributed by atoms with E-state index in [4.69, 9.17) is 10.5 Å². The molecule has 0 spiro atoms. The summed E-state index contributed by atoms with van der Waals surface area (Å²) in [5.41, 5.74) is 12.0. The quantitative estimate of drug-likeness (QED) is 0.334. The van der Waals surface area contributed by atoms with Gasteiger partial charge in [-0.3, -0.25) is 24.8 Å². The standard InChI is InChI=1S/C30H37N5O4/c1-3-39-29(38)15-14-28(37)35(24-6-4-5-7-24)30(16-17-30)23-12-13-26(34(2)33-27(36)20-32)25(18-23)22-10-8-21(19-31)9-11-22/h8-13,18,24H,3-7,14-17,20,32H2,1-2H3,(H,33,36).